The van der Waals surface area contributed by atoms with E-state index in [0.29, 0.717) is 25.0 Å². The first-order valence-electron chi connectivity index (χ1n) is 7.12. The van der Waals surface area contributed by atoms with Gasteiger partial charge in [0.15, 0.2) is 0 Å². The van der Waals surface area contributed by atoms with Crippen molar-refractivity contribution in [3.63, 3.8) is 0 Å². The molecule has 0 heterocycles. The van der Waals surface area contributed by atoms with E-state index < -0.39 is 39.2 Å². The Balaban J connectivity index is 3.47. The number of halogens is 3. The van der Waals surface area contributed by atoms with Crippen molar-refractivity contribution in [2.75, 3.05) is 13.1 Å². The van der Waals surface area contributed by atoms with Crippen LogP contribution in [0.15, 0.2) is 23.1 Å². The molecule has 0 spiro atoms. The van der Waals surface area contributed by atoms with Gasteiger partial charge < -0.3 is 10.0 Å². The second-order valence-corrected chi connectivity index (χ2v) is 7.00. The molecule has 0 radical (unpaired) electrons. The van der Waals surface area contributed by atoms with E-state index in [1.807, 2.05) is 0 Å². The maximum Gasteiger partial charge on any atom is 0.488 e. The molecule has 0 saturated heterocycles. The van der Waals surface area contributed by atoms with Crippen LogP contribution >= 0.6 is 0 Å². The van der Waals surface area contributed by atoms with E-state index in [1.165, 1.54) is 0 Å². The lowest BCUT2D eigenvalue weighted by molar-refractivity contribution is -0.137. The zero-order chi connectivity index (χ0) is 17.8. The molecule has 0 aliphatic carbocycles. The van der Waals surface area contributed by atoms with Gasteiger partial charge in [-0.1, -0.05) is 19.9 Å². The van der Waals surface area contributed by atoms with Crippen molar-refractivity contribution >= 4 is 22.6 Å². The van der Waals surface area contributed by atoms with Crippen LogP contribution in [0.5, 0.6) is 0 Å². The van der Waals surface area contributed by atoms with Gasteiger partial charge in [0, 0.05) is 13.1 Å². The highest BCUT2D eigenvalue weighted by Crippen LogP contribution is 2.30. The van der Waals surface area contributed by atoms with Gasteiger partial charge in [0.25, 0.3) is 0 Å². The topological polar surface area (TPSA) is 77.8 Å². The van der Waals surface area contributed by atoms with Gasteiger partial charge in [0.1, 0.15) is 0 Å². The van der Waals surface area contributed by atoms with E-state index in [1.54, 1.807) is 13.8 Å². The number of rotatable bonds is 7. The smallest absolute Gasteiger partial charge is 0.423 e. The Hall–Kier alpha value is -1.10. The summed E-state index contributed by atoms with van der Waals surface area (Å²) in [6.45, 7) is 3.85. The Morgan fingerprint density at radius 2 is 1.61 bits per heavy atom. The maximum absolute atomic E-state index is 12.9. The van der Waals surface area contributed by atoms with Gasteiger partial charge in [-0.2, -0.15) is 17.5 Å². The number of benzene rings is 1. The van der Waals surface area contributed by atoms with E-state index in [4.69, 9.17) is 10.0 Å². The van der Waals surface area contributed by atoms with E-state index in [-0.39, 0.29) is 13.1 Å². The monoisotopic (exact) mass is 353 g/mol. The third-order valence-electron chi connectivity index (χ3n) is 3.14. The SMILES string of the molecule is CCCN(CCC)S(=O)(=O)c1cc(B(O)O)cc(C(F)(F)F)c1. The average molecular weight is 353 g/mol. The summed E-state index contributed by atoms with van der Waals surface area (Å²) in [6.07, 6.45) is -3.78. The van der Waals surface area contributed by atoms with Crippen molar-refractivity contribution in [3.8, 4) is 0 Å². The van der Waals surface area contributed by atoms with Crippen molar-refractivity contribution in [2.45, 2.75) is 37.8 Å². The second-order valence-electron chi connectivity index (χ2n) is 5.07. The predicted octanol–water partition coefficient (Wildman–Crippen LogP) is 1.20. The molecule has 2 N–H and O–H groups in total. The van der Waals surface area contributed by atoms with E-state index >= 15 is 0 Å². The summed E-state index contributed by atoms with van der Waals surface area (Å²) in [4.78, 5) is -0.600. The Morgan fingerprint density at radius 1 is 1.09 bits per heavy atom. The number of hydrogen-bond donors (Lipinski definition) is 2. The number of sulfonamides is 1. The zero-order valence-electron chi connectivity index (χ0n) is 12.8. The minimum atomic E-state index is -4.80. The lowest BCUT2D eigenvalue weighted by Gasteiger charge is -2.22. The highest BCUT2D eigenvalue weighted by Gasteiger charge is 2.34. The lowest BCUT2D eigenvalue weighted by atomic mass is 9.79. The molecule has 0 aliphatic rings. The van der Waals surface area contributed by atoms with Crippen LogP contribution in [-0.2, 0) is 16.2 Å². The van der Waals surface area contributed by atoms with Crippen LogP contribution in [-0.4, -0.2) is 43.0 Å². The maximum atomic E-state index is 12.9. The molecule has 0 amide bonds. The van der Waals surface area contributed by atoms with Crippen LogP contribution in [0, 0.1) is 0 Å². The Morgan fingerprint density at radius 3 is 2.00 bits per heavy atom. The quantitative estimate of drug-likeness (QED) is 0.722. The summed E-state index contributed by atoms with van der Waals surface area (Å²) in [5.74, 6) is 0. The molecule has 23 heavy (non-hydrogen) atoms. The normalized spacial score (nSPS) is 12.7. The summed E-state index contributed by atoms with van der Waals surface area (Å²) in [5, 5.41) is 18.3. The number of nitrogens with zero attached hydrogens (tertiary/aromatic N) is 1. The minimum absolute atomic E-state index is 0.170. The fraction of sp³-hybridized carbons (Fsp3) is 0.538. The van der Waals surface area contributed by atoms with Crippen LogP contribution in [0.1, 0.15) is 32.3 Å². The molecule has 10 heteroatoms. The van der Waals surface area contributed by atoms with Crippen molar-refractivity contribution in [2.24, 2.45) is 0 Å². The van der Waals surface area contributed by atoms with E-state index in [2.05, 4.69) is 0 Å². The van der Waals surface area contributed by atoms with Gasteiger partial charge in [0.2, 0.25) is 10.0 Å². The molecule has 0 fully saturated rings. The molecule has 0 saturated carbocycles. The average Bonchev–Trinajstić information content (AvgIpc) is 2.45. The standard InChI is InChI=1S/C13H19BF3NO4S/c1-3-5-18(6-4-2)23(21,22)12-8-10(13(15,16)17)7-11(9-12)14(19)20/h7-9,19-20H,3-6H2,1-2H3. The zero-order valence-corrected chi connectivity index (χ0v) is 13.7. The largest absolute Gasteiger partial charge is 0.488 e. The molecule has 0 bridgehead atoms. The Bertz CT molecular complexity index is 629. The van der Waals surface area contributed by atoms with Crippen molar-refractivity contribution in [1.82, 2.24) is 4.31 Å². The van der Waals surface area contributed by atoms with Gasteiger partial charge in [-0.15, -0.1) is 0 Å². The molecule has 1 aromatic carbocycles. The van der Waals surface area contributed by atoms with Gasteiger partial charge in [-0.05, 0) is 30.4 Å². The molecular formula is C13H19BF3NO4S. The summed E-state index contributed by atoms with van der Waals surface area (Å²) >= 11 is 0. The van der Waals surface area contributed by atoms with E-state index in [0.717, 1.165) is 10.4 Å². The number of alkyl halides is 3. The molecule has 0 atom stereocenters. The minimum Gasteiger partial charge on any atom is -0.423 e. The van der Waals surface area contributed by atoms with Crippen molar-refractivity contribution in [3.05, 3.63) is 23.8 Å². The number of hydrogen-bond acceptors (Lipinski definition) is 4. The summed E-state index contributed by atoms with van der Waals surface area (Å²) in [7, 11) is -6.35. The van der Waals surface area contributed by atoms with E-state index in [9.17, 15) is 21.6 Å². The first-order valence-corrected chi connectivity index (χ1v) is 8.56. The second kappa shape index (κ2) is 7.65. The van der Waals surface area contributed by atoms with Gasteiger partial charge in [0.05, 0.1) is 10.5 Å². The summed E-state index contributed by atoms with van der Waals surface area (Å²) in [6, 6.07) is 1.89. The third-order valence-corrected chi connectivity index (χ3v) is 5.01. The first-order chi connectivity index (χ1) is 10.5. The molecule has 5 nitrogen and oxygen atoms in total. The fourth-order valence-electron chi connectivity index (χ4n) is 2.08. The van der Waals surface area contributed by atoms with Crippen LogP contribution in [0.2, 0.25) is 0 Å². The van der Waals surface area contributed by atoms with Crippen LogP contribution in [0.3, 0.4) is 0 Å². The third kappa shape index (κ3) is 4.94. The lowest BCUT2D eigenvalue weighted by Crippen LogP contribution is -2.36. The van der Waals surface area contributed by atoms with Crippen LogP contribution in [0.25, 0.3) is 0 Å². The Kier molecular flexibility index (Phi) is 6.64. The molecule has 1 aromatic rings. The predicted molar refractivity (Wildman–Crippen MR) is 80.6 cm³/mol. The Labute approximate surface area is 133 Å². The molecule has 0 aliphatic heterocycles. The molecule has 0 aromatic heterocycles. The van der Waals surface area contributed by atoms with Crippen molar-refractivity contribution < 1.29 is 31.6 Å². The summed E-state index contributed by atoms with van der Waals surface area (Å²) < 4.78 is 65.0. The molecule has 130 valence electrons. The molecular weight excluding hydrogens is 334 g/mol. The van der Waals surface area contributed by atoms with Gasteiger partial charge in [-0.25, -0.2) is 8.42 Å². The fourth-order valence-corrected chi connectivity index (χ4v) is 3.79. The summed E-state index contributed by atoms with van der Waals surface area (Å²) in [5.41, 5.74) is -1.76. The highest BCUT2D eigenvalue weighted by molar-refractivity contribution is 7.89. The molecule has 1 rings (SSSR count). The highest BCUT2D eigenvalue weighted by atomic mass is 32.2. The van der Waals surface area contributed by atoms with Crippen LogP contribution < -0.4 is 5.46 Å². The van der Waals surface area contributed by atoms with Gasteiger partial charge >= 0.3 is 13.3 Å². The first kappa shape index (κ1) is 20.0. The van der Waals surface area contributed by atoms with Crippen LogP contribution in [0.4, 0.5) is 13.2 Å². The molecule has 0 unspecified atom stereocenters. The van der Waals surface area contributed by atoms with Gasteiger partial charge in [-0.3, -0.25) is 0 Å². The van der Waals surface area contributed by atoms with Crippen molar-refractivity contribution in [1.29, 1.82) is 0 Å².